The van der Waals surface area contributed by atoms with Crippen LogP contribution in [-0.2, 0) is 12.7 Å². The highest BCUT2D eigenvalue weighted by Crippen LogP contribution is 2.29. The lowest BCUT2D eigenvalue weighted by Crippen LogP contribution is -2.35. The molecular formula is C23H25F3N4O. The van der Waals surface area contributed by atoms with Crippen LogP contribution in [0.25, 0.3) is 0 Å². The van der Waals surface area contributed by atoms with Crippen LogP contribution in [0.2, 0.25) is 0 Å². The van der Waals surface area contributed by atoms with E-state index in [-0.39, 0.29) is 12.1 Å². The van der Waals surface area contributed by atoms with Gasteiger partial charge in [-0.2, -0.15) is 13.2 Å². The monoisotopic (exact) mass is 430 g/mol. The first-order valence-corrected chi connectivity index (χ1v) is 10.3. The Labute approximate surface area is 180 Å². The van der Waals surface area contributed by atoms with Crippen molar-refractivity contribution in [3.63, 3.8) is 0 Å². The second-order valence-corrected chi connectivity index (χ2v) is 7.34. The number of amides is 2. The Hall–Kier alpha value is -3.21. The number of nitrogens with one attached hydrogen (secondary N) is 2. The Morgan fingerprint density at radius 2 is 1.84 bits per heavy atom. The number of urea groups is 1. The average Bonchev–Trinajstić information content (AvgIpc) is 3.05. The molecule has 1 fully saturated rings. The maximum atomic E-state index is 12.7. The Morgan fingerprint density at radius 1 is 1.06 bits per heavy atom. The maximum Gasteiger partial charge on any atom is 0.416 e. The molecule has 2 amide bonds. The lowest BCUT2D eigenvalue weighted by molar-refractivity contribution is -0.137. The Balaban J connectivity index is 1.46. The zero-order valence-electron chi connectivity index (χ0n) is 17.1. The molecule has 1 aliphatic heterocycles. The zero-order valence-corrected chi connectivity index (χ0v) is 17.1. The smallest absolute Gasteiger partial charge is 0.357 e. The number of pyridine rings is 1. The molecular weight excluding hydrogens is 405 g/mol. The maximum absolute atomic E-state index is 12.7. The van der Waals surface area contributed by atoms with E-state index < -0.39 is 17.8 Å². The summed E-state index contributed by atoms with van der Waals surface area (Å²) < 4.78 is 38.1. The van der Waals surface area contributed by atoms with Crippen molar-refractivity contribution in [2.45, 2.75) is 38.4 Å². The summed E-state index contributed by atoms with van der Waals surface area (Å²) >= 11 is 0. The van der Waals surface area contributed by atoms with Crippen molar-refractivity contribution in [2.75, 3.05) is 24.5 Å². The topological polar surface area (TPSA) is 57.3 Å². The summed E-state index contributed by atoms with van der Waals surface area (Å²) in [6, 6.07) is 8.22. The highest BCUT2D eigenvalue weighted by Gasteiger charge is 2.30. The van der Waals surface area contributed by atoms with Gasteiger partial charge < -0.3 is 15.5 Å². The molecule has 0 aliphatic carbocycles. The minimum absolute atomic E-state index is 0.0252. The fraction of sp³-hybridized carbons (Fsp3) is 0.391. The molecule has 2 heterocycles. The van der Waals surface area contributed by atoms with E-state index in [1.54, 1.807) is 6.20 Å². The largest absolute Gasteiger partial charge is 0.416 e. The molecule has 31 heavy (non-hydrogen) atoms. The summed E-state index contributed by atoms with van der Waals surface area (Å²) in [5, 5.41) is 5.34. The van der Waals surface area contributed by atoms with Gasteiger partial charge >= 0.3 is 12.2 Å². The van der Waals surface area contributed by atoms with Gasteiger partial charge in [-0.05, 0) is 48.7 Å². The second kappa shape index (κ2) is 10.7. The second-order valence-electron chi connectivity index (χ2n) is 7.34. The van der Waals surface area contributed by atoms with Crippen LogP contribution in [-0.4, -0.2) is 30.6 Å². The summed E-state index contributed by atoms with van der Waals surface area (Å²) in [6.07, 6.45) is 2.15. The van der Waals surface area contributed by atoms with E-state index in [4.69, 9.17) is 0 Å². The summed E-state index contributed by atoms with van der Waals surface area (Å²) in [4.78, 5) is 18.7. The first kappa shape index (κ1) is 22.5. The highest BCUT2D eigenvalue weighted by atomic mass is 19.4. The van der Waals surface area contributed by atoms with Crippen molar-refractivity contribution in [3.8, 4) is 11.8 Å². The van der Waals surface area contributed by atoms with Crippen molar-refractivity contribution in [2.24, 2.45) is 0 Å². The number of carbonyl (C=O) groups is 1. The molecule has 1 aromatic heterocycles. The molecule has 1 aromatic carbocycles. The lowest BCUT2D eigenvalue weighted by atomic mass is 10.1. The third-order valence-electron chi connectivity index (χ3n) is 4.95. The van der Waals surface area contributed by atoms with Gasteiger partial charge in [0.15, 0.2) is 0 Å². The highest BCUT2D eigenvalue weighted by molar-refractivity contribution is 5.74. The SMILES string of the molecule is O=C(NCC#Cc1cccc(C(F)(F)F)c1)NCc1ccnc(N2CCCCCC2)c1. The number of hydrogen-bond acceptors (Lipinski definition) is 3. The molecule has 164 valence electrons. The molecule has 0 spiro atoms. The predicted octanol–water partition coefficient (Wildman–Crippen LogP) is 4.33. The molecule has 5 nitrogen and oxygen atoms in total. The van der Waals surface area contributed by atoms with Gasteiger partial charge in [-0.1, -0.05) is 30.7 Å². The molecule has 0 bridgehead atoms. The van der Waals surface area contributed by atoms with Crippen LogP contribution in [0.15, 0.2) is 42.6 Å². The zero-order chi connectivity index (χ0) is 22.1. The fourth-order valence-electron chi connectivity index (χ4n) is 3.33. The minimum Gasteiger partial charge on any atom is -0.357 e. The summed E-state index contributed by atoms with van der Waals surface area (Å²) in [7, 11) is 0. The number of rotatable bonds is 4. The van der Waals surface area contributed by atoms with Gasteiger partial charge in [0, 0.05) is 31.4 Å². The Morgan fingerprint density at radius 3 is 2.58 bits per heavy atom. The molecule has 0 radical (unpaired) electrons. The quantitative estimate of drug-likeness (QED) is 0.710. The van der Waals surface area contributed by atoms with Gasteiger partial charge in [0.25, 0.3) is 0 Å². The standard InChI is InChI=1S/C23H25F3N4O/c24-23(25,26)20-9-5-7-18(15-20)8-6-11-28-22(31)29-17-19-10-12-27-21(16-19)30-13-3-1-2-4-14-30/h5,7,9-10,12,15-16H,1-4,11,13-14,17H2,(H2,28,29,31). The van der Waals surface area contributed by atoms with E-state index in [1.165, 1.54) is 25.0 Å². The Kier molecular flexibility index (Phi) is 7.76. The Bertz CT molecular complexity index is 942. The van der Waals surface area contributed by atoms with Crippen molar-refractivity contribution in [1.29, 1.82) is 0 Å². The van der Waals surface area contributed by atoms with Gasteiger partial charge in [-0.15, -0.1) is 0 Å². The van der Waals surface area contributed by atoms with Crippen molar-refractivity contribution in [3.05, 3.63) is 59.3 Å². The van der Waals surface area contributed by atoms with Crippen LogP contribution in [0.3, 0.4) is 0 Å². The van der Waals surface area contributed by atoms with Crippen molar-refractivity contribution >= 4 is 11.8 Å². The molecule has 3 rings (SSSR count). The first-order chi connectivity index (χ1) is 14.9. The van der Waals surface area contributed by atoms with Crippen LogP contribution < -0.4 is 15.5 Å². The molecule has 0 saturated carbocycles. The van der Waals surface area contributed by atoms with Gasteiger partial charge in [0.05, 0.1) is 12.1 Å². The fourth-order valence-corrected chi connectivity index (χ4v) is 3.33. The van der Waals surface area contributed by atoms with Crippen molar-refractivity contribution in [1.82, 2.24) is 15.6 Å². The molecule has 1 saturated heterocycles. The van der Waals surface area contributed by atoms with Crippen LogP contribution in [0.4, 0.5) is 23.8 Å². The first-order valence-electron chi connectivity index (χ1n) is 10.3. The molecule has 0 unspecified atom stereocenters. The van der Waals surface area contributed by atoms with E-state index in [2.05, 4.69) is 32.4 Å². The van der Waals surface area contributed by atoms with E-state index in [0.29, 0.717) is 6.54 Å². The summed E-state index contributed by atoms with van der Waals surface area (Å²) in [5.41, 5.74) is 0.441. The van der Waals surface area contributed by atoms with Gasteiger partial charge in [0.1, 0.15) is 5.82 Å². The van der Waals surface area contributed by atoms with Crippen LogP contribution in [0, 0.1) is 11.8 Å². The molecule has 2 N–H and O–H groups in total. The number of hydrogen-bond donors (Lipinski definition) is 2. The predicted molar refractivity (Wildman–Crippen MR) is 113 cm³/mol. The third-order valence-corrected chi connectivity index (χ3v) is 4.95. The number of carbonyl (C=O) groups excluding carboxylic acids is 1. The van der Waals surface area contributed by atoms with Gasteiger partial charge in [0.2, 0.25) is 0 Å². The number of alkyl halides is 3. The summed E-state index contributed by atoms with van der Waals surface area (Å²) in [5.74, 6) is 6.22. The number of aromatic nitrogens is 1. The molecule has 0 atom stereocenters. The molecule has 2 aromatic rings. The third kappa shape index (κ3) is 7.21. The molecule has 1 aliphatic rings. The lowest BCUT2D eigenvalue weighted by Gasteiger charge is -2.21. The number of nitrogens with zero attached hydrogens (tertiary/aromatic N) is 2. The van der Waals surface area contributed by atoms with E-state index in [0.717, 1.165) is 49.4 Å². The van der Waals surface area contributed by atoms with Crippen LogP contribution in [0.5, 0.6) is 0 Å². The number of anilines is 1. The van der Waals surface area contributed by atoms with Gasteiger partial charge in [-0.25, -0.2) is 9.78 Å². The minimum atomic E-state index is -4.41. The normalized spacial score (nSPS) is 14.2. The van der Waals surface area contributed by atoms with E-state index >= 15 is 0 Å². The number of halogens is 3. The van der Waals surface area contributed by atoms with Crippen molar-refractivity contribution < 1.29 is 18.0 Å². The van der Waals surface area contributed by atoms with Gasteiger partial charge in [-0.3, -0.25) is 0 Å². The molecule has 8 heteroatoms. The van der Waals surface area contributed by atoms with Crippen LogP contribution >= 0.6 is 0 Å². The van der Waals surface area contributed by atoms with E-state index in [1.807, 2.05) is 12.1 Å². The van der Waals surface area contributed by atoms with Crippen LogP contribution in [0.1, 0.15) is 42.4 Å². The average molecular weight is 430 g/mol. The summed E-state index contributed by atoms with van der Waals surface area (Å²) in [6.45, 7) is 2.36. The number of benzene rings is 1. The van der Waals surface area contributed by atoms with E-state index in [9.17, 15) is 18.0 Å².